The summed E-state index contributed by atoms with van der Waals surface area (Å²) >= 11 is 12.5. The van der Waals surface area contributed by atoms with Gasteiger partial charge >= 0.3 is 0 Å². The fourth-order valence-corrected chi connectivity index (χ4v) is 3.46. The van der Waals surface area contributed by atoms with Crippen molar-refractivity contribution in [2.45, 2.75) is 33.1 Å². The van der Waals surface area contributed by atoms with E-state index in [9.17, 15) is 4.79 Å². The Balaban J connectivity index is 1.72. The molecule has 0 aliphatic carbocycles. The summed E-state index contributed by atoms with van der Waals surface area (Å²) in [4.78, 5) is 16.8. The van der Waals surface area contributed by atoms with Crippen molar-refractivity contribution >= 4 is 45.7 Å². The molecule has 2 aromatic carbocycles. The number of hydrogen-bond acceptors (Lipinski definition) is 3. The average Bonchev–Trinajstić information content (AvgIpc) is 2.67. The standard InChI is InChI=1S/C22H22Cl2N2O2/c1-4-13(2)15-6-8-16(9-7-15)26-20(27)12-28-22-19(24)11-18(23)17-10-5-14(3)25-21(17)22/h5-11,13H,4,12H2,1-3H3,(H,26,27)/t13-/m1/s1. The number of nitrogens with one attached hydrogen (secondary N) is 1. The molecule has 0 aliphatic heterocycles. The van der Waals surface area contributed by atoms with Crippen LogP contribution in [-0.2, 0) is 4.79 Å². The average molecular weight is 417 g/mol. The number of pyridine rings is 1. The molecule has 1 N–H and O–H groups in total. The predicted octanol–water partition coefficient (Wildman–Crippen LogP) is 6.38. The maximum atomic E-state index is 12.3. The number of halogens is 2. The van der Waals surface area contributed by atoms with Gasteiger partial charge in [-0.3, -0.25) is 4.79 Å². The number of ether oxygens (including phenoxy) is 1. The minimum atomic E-state index is -0.275. The molecule has 0 aliphatic rings. The van der Waals surface area contributed by atoms with Crippen LogP contribution in [0.5, 0.6) is 5.75 Å². The molecule has 1 amide bonds. The summed E-state index contributed by atoms with van der Waals surface area (Å²) in [5, 5.41) is 4.37. The molecule has 3 aromatic rings. The van der Waals surface area contributed by atoms with Crippen LogP contribution in [0.25, 0.3) is 10.9 Å². The lowest BCUT2D eigenvalue weighted by Gasteiger charge is -2.13. The number of nitrogens with zero attached hydrogens (tertiary/aromatic N) is 1. The summed E-state index contributed by atoms with van der Waals surface area (Å²) in [7, 11) is 0. The van der Waals surface area contributed by atoms with E-state index in [2.05, 4.69) is 24.1 Å². The van der Waals surface area contributed by atoms with Crippen molar-refractivity contribution in [3.05, 3.63) is 63.8 Å². The molecule has 3 rings (SSSR count). The van der Waals surface area contributed by atoms with Gasteiger partial charge in [0.05, 0.1) is 10.0 Å². The Morgan fingerprint density at radius 3 is 2.54 bits per heavy atom. The van der Waals surface area contributed by atoms with Gasteiger partial charge in [-0.15, -0.1) is 0 Å². The summed E-state index contributed by atoms with van der Waals surface area (Å²) in [6, 6.07) is 13.2. The molecule has 0 unspecified atom stereocenters. The van der Waals surface area contributed by atoms with Gasteiger partial charge in [-0.05, 0) is 55.2 Å². The number of rotatable bonds is 6. The van der Waals surface area contributed by atoms with Crippen molar-refractivity contribution in [2.75, 3.05) is 11.9 Å². The number of carbonyl (C=O) groups is 1. The van der Waals surface area contributed by atoms with Crippen LogP contribution in [0.2, 0.25) is 10.0 Å². The van der Waals surface area contributed by atoms with Gasteiger partial charge in [0.15, 0.2) is 12.4 Å². The third kappa shape index (κ3) is 4.57. The van der Waals surface area contributed by atoms with Crippen LogP contribution in [0.15, 0.2) is 42.5 Å². The molecule has 0 radical (unpaired) electrons. The molecule has 0 bridgehead atoms. The number of aromatic nitrogens is 1. The van der Waals surface area contributed by atoms with Crippen molar-refractivity contribution in [3.63, 3.8) is 0 Å². The second kappa shape index (κ2) is 8.80. The van der Waals surface area contributed by atoms with Crippen LogP contribution in [0.1, 0.15) is 37.4 Å². The van der Waals surface area contributed by atoms with Gasteiger partial charge in [0.2, 0.25) is 0 Å². The maximum absolute atomic E-state index is 12.3. The first-order valence-corrected chi connectivity index (χ1v) is 9.92. The molecule has 146 valence electrons. The lowest BCUT2D eigenvalue weighted by atomic mass is 9.99. The summed E-state index contributed by atoms with van der Waals surface area (Å²) in [5.74, 6) is 0.569. The Morgan fingerprint density at radius 1 is 1.14 bits per heavy atom. The van der Waals surface area contributed by atoms with E-state index in [1.54, 1.807) is 6.07 Å². The van der Waals surface area contributed by atoms with E-state index in [0.717, 1.165) is 23.2 Å². The molecular formula is C22H22Cl2N2O2. The van der Waals surface area contributed by atoms with Crippen molar-refractivity contribution in [1.29, 1.82) is 0 Å². The first-order chi connectivity index (χ1) is 13.4. The zero-order valence-electron chi connectivity index (χ0n) is 16.1. The Morgan fingerprint density at radius 2 is 1.86 bits per heavy atom. The highest BCUT2D eigenvalue weighted by molar-refractivity contribution is 6.39. The smallest absolute Gasteiger partial charge is 0.262 e. The zero-order valence-corrected chi connectivity index (χ0v) is 17.6. The molecule has 0 spiro atoms. The largest absolute Gasteiger partial charge is 0.480 e. The normalized spacial score (nSPS) is 12.0. The Labute approximate surface area is 174 Å². The topological polar surface area (TPSA) is 51.2 Å². The van der Waals surface area contributed by atoms with E-state index in [1.807, 2.05) is 43.3 Å². The summed E-state index contributed by atoms with van der Waals surface area (Å²) in [5.41, 5.74) is 3.32. The maximum Gasteiger partial charge on any atom is 0.262 e. The van der Waals surface area contributed by atoms with Gasteiger partial charge < -0.3 is 10.1 Å². The monoisotopic (exact) mass is 416 g/mol. The van der Waals surface area contributed by atoms with Crippen LogP contribution in [0.4, 0.5) is 5.69 Å². The molecule has 6 heteroatoms. The first kappa shape index (κ1) is 20.4. The second-order valence-corrected chi connectivity index (χ2v) is 7.60. The highest BCUT2D eigenvalue weighted by Crippen LogP contribution is 2.37. The lowest BCUT2D eigenvalue weighted by Crippen LogP contribution is -2.20. The molecule has 0 saturated carbocycles. The predicted molar refractivity (Wildman–Crippen MR) is 116 cm³/mol. The SMILES string of the molecule is CC[C@@H](C)c1ccc(NC(=O)COc2c(Cl)cc(Cl)c3ccc(C)nc23)cc1. The van der Waals surface area contributed by atoms with E-state index in [0.29, 0.717) is 27.2 Å². The van der Waals surface area contributed by atoms with Gasteiger partial charge in [0.1, 0.15) is 5.52 Å². The summed E-state index contributed by atoms with van der Waals surface area (Å²) in [6.45, 7) is 6.02. The van der Waals surface area contributed by atoms with Gasteiger partial charge in [-0.1, -0.05) is 49.2 Å². The van der Waals surface area contributed by atoms with Crippen molar-refractivity contribution < 1.29 is 9.53 Å². The molecule has 1 atom stereocenters. The van der Waals surface area contributed by atoms with Crippen molar-refractivity contribution in [2.24, 2.45) is 0 Å². The van der Waals surface area contributed by atoms with Crippen molar-refractivity contribution in [3.8, 4) is 5.75 Å². The van der Waals surface area contributed by atoms with Gasteiger partial charge in [-0.2, -0.15) is 0 Å². The highest BCUT2D eigenvalue weighted by Gasteiger charge is 2.15. The zero-order chi connectivity index (χ0) is 20.3. The van der Waals surface area contributed by atoms with E-state index >= 15 is 0 Å². The fourth-order valence-electron chi connectivity index (χ4n) is 2.89. The summed E-state index contributed by atoms with van der Waals surface area (Å²) < 4.78 is 5.71. The third-order valence-corrected chi connectivity index (χ3v) is 5.29. The van der Waals surface area contributed by atoms with Gasteiger partial charge in [-0.25, -0.2) is 4.98 Å². The number of fused-ring (bicyclic) bond motifs is 1. The van der Waals surface area contributed by atoms with Crippen LogP contribution >= 0.6 is 23.2 Å². The molecular weight excluding hydrogens is 395 g/mol. The molecule has 4 nitrogen and oxygen atoms in total. The molecule has 28 heavy (non-hydrogen) atoms. The molecule has 0 saturated heterocycles. The Kier molecular flexibility index (Phi) is 6.42. The third-order valence-electron chi connectivity index (χ3n) is 4.70. The lowest BCUT2D eigenvalue weighted by molar-refractivity contribution is -0.118. The Bertz CT molecular complexity index is 1000. The summed E-state index contributed by atoms with van der Waals surface area (Å²) in [6.07, 6.45) is 1.07. The number of benzene rings is 2. The number of amides is 1. The van der Waals surface area contributed by atoms with E-state index in [1.165, 1.54) is 5.56 Å². The molecule has 1 heterocycles. The second-order valence-electron chi connectivity index (χ2n) is 6.79. The molecule has 0 fully saturated rings. The van der Waals surface area contributed by atoms with E-state index < -0.39 is 0 Å². The van der Waals surface area contributed by atoms with Gasteiger partial charge in [0, 0.05) is 16.8 Å². The van der Waals surface area contributed by atoms with Crippen LogP contribution in [0, 0.1) is 6.92 Å². The number of hydrogen-bond donors (Lipinski definition) is 1. The van der Waals surface area contributed by atoms with Crippen LogP contribution in [0.3, 0.4) is 0 Å². The Hall–Kier alpha value is -2.30. The first-order valence-electron chi connectivity index (χ1n) is 9.17. The number of carbonyl (C=O) groups excluding carboxylic acids is 1. The van der Waals surface area contributed by atoms with Gasteiger partial charge in [0.25, 0.3) is 5.91 Å². The quantitative estimate of drug-likeness (QED) is 0.506. The van der Waals surface area contributed by atoms with Crippen molar-refractivity contribution in [1.82, 2.24) is 4.98 Å². The van der Waals surface area contributed by atoms with E-state index in [-0.39, 0.29) is 12.5 Å². The van der Waals surface area contributed by atoms with Crippen LogP contribution in [-0.4, -0.2) is 17.5 Å². The number of anilines is 1. The van der Waals surface area contributed by atoms with Crippen LogP contribution < -0.4 is 10.1 Å². The minimum absolute atomic E-state index is 0.181. The highest BCUT2D eigenvalue weighted by atomic mass is 35.5. The van der Waals surface area contributed by atoms with E-state index in [4.69, 9.17) is 27.9 Å². The fraction of sp³-hybridized carbons (Fsp3) is 0.273. The minimum Gasteiger partial charge on any atom is -0.480 e. The molecule has 1 aromatic heterocycles. The number of aryl methyl sites for hydroxylation is 1.